The summed E-state index contributed by atoms with van der Waals surface area (Å²) in [4.78, 5) is 59.3. The van der Waals surface area contributed by atoms with E-state index in [1.807, 2.05) is 23.1 Å². The van der Waals surface area contributed by atoms with Crippen molar-refractivity contribution in [2.24, 2.45) is 13.0 Å². The molecule has 3 aromatic rings. The number of amides is 4. The van der Waals surface area contributed by atoms with Crippen LogP contribution >= 0.6 is 24.6 Å². The molecule has 13 nitrogen and oxygen atoms in total. The lowest BCUT2D eigenvalue weighted by molar-refractivity contribution is -0.138. The standard InChI is InChI=1S/C43H52F3N9O4S.ClH/c1-25-22-52(23-26(2)53(25)24-36(57)48-34-10-6-9-31-37(50-51(5)38(31)34)32-17-18-35(56)49-39(32)58)19-7-8-27-11-14-29(15-12-27)55-41(60)54(40(59)42(55,3)4)30-16-13-28(21-47)33(20-30)43(44,45)46;/h6,9-10,13,16,20,25-27,29,32H,7-8,11-12,14-15,17-19,22-24H2,1-5H3,(H,48,57)(H,49,56,58);1H/t25-,26+,27?,29?,32?;. The Bertz CT molecular complexity index is 2240. The third kappa shape index (κ3) is 9.14. The molecule has 1 aromatic heterocycles. The van der Waals surface area contributed by atoms with E-state index in [-0.39, 0.29) is 77.9 Å². The van der Waals surface area contributed by atoms with E-state index in [0.717, 1.165) is 81.2 Å². The van der Waals surface area contributed by atoms with Gasteiger partial charge in [0.15, 0.2) is 5.11 Å². The Balaban J connectivity index is 0.00000622. The quantitative estimate of drug-likeness (QED) is 0.171. The van der Waals surface area contributed by atoms with Crippen molar-refractivity contribution in [2.45, 2.75) is 115 Å². The third-order valence-electron chi connectivity index (χ3n) is 12.9. The molecule has 61 heavy (non-hydrogen) atoms. The number of nitriles is 1. The fraction of sp³-hybridized carbons (Fsp3) is 0.558. The highest BCUT2D eigenvalue weighted by molar-refractivity contribution is 7.80. The van der Waals surface area contributed by atoms with Crippen LogP contribution in [0.4, 0.5) is 24.5 Å². The largest absolute Gasteiger partial charge is 0.417 e. The van der Waals surface area contributed by atoms with E-state index in [4.69, 9.17) is 12.2 Å². The highest BCUT2D eigenvalue weighted by atomic mass is 35.5. The highest BCUT2D eigenvalue weighted by Crippen LogP contribution is 2.42. The lowest BCUT2D eigenvalue weighted by Gasteiger charge is -2.44. The highest BCUT2D eigenvalue weighted by Gasteiger charge is 2.52. The molecule has 2 aromatic carbocycles. The number of aryl methyl sites for hydroxylation is 1. The summed E-state index contributed by atoms with van der Waals surface area (Å²) in [6.07, 6.45) is 1.55. The topological polar surface area (TPSA) is 147 Å². The van der Waals surface area contributed by atoms with Gasteiger partial charge in [-0.3, -0.25) is 39.0 Å². The zero-order valence-corrected chi connectivity index (χ0v) is 36.7. The summed E-state index contributed by atoms with van der Waals surface area (Å²) in [5, 5.41) is 20.3. The molecule has 0 radical (unpaired) electrons. The van der Waals surface area contributed by atoms with Gasteiger partial charge >= 0.3 is 6.18 Å². The lowest BCUT2D eigenvalue weighted by atomic mass is 9.82. The second kappa shape index (κ2) is 18.0. The molecule has 3 atom stereocenters. The molecule has 3 saturated heterocycles. The molecule has 1 aliphatic carbocycles. The van der Waals surface area contributed by atoms with Crippen molar-refractivity contribution in [1.82, 2.24) is 29.8 Å². The molecular formula is C43H53ClF3N9O4S. The molecule has 0 bridgehead atoms. The smallest absolute Gasteiger partial charge is 0.331 e. The van der Waals surface area contributed by atoms with Crippen LogP contribution < -0.4 is 15.5 Å². The van der Waals surface area contributed by atoms with Crippen molar-refractivity contribution < 1.29 is 32.3 Å². The minimum absolute atomic E-state index is 0. The van der Waals surface area contributed by atoms with Gasteiger partial charge in [-0.25, -0.2) is 0 Å². The van der Waals surface area contributed by atoms with Gasteiger partial charge in [0.2, 0.25) is 17.7 Å². The lowest BCUT2D eigenvalue weighted by Crippen LogP contribution is -2.58. The predicted octanol–water partition coefficient (Wildman–Crippen LogP) is 6.49. The van der Waals surface area contributed by atoms with Crippen molar-refractivity contribution in [2.75, 3.05) is 36.4 Å². The van der Waals surface area contributed by atoms with E-state index < -0.39 is 28.8 Å². The Morgan fingerprint density at radius 1 is 1.05 bits per heavy atom. The predicted molar refractivity (Wildman–Crippen MR) is 231 cm³/mol. The van der Waals surface area contributed by atoms with Gasteiger partial charge in [0.1, 0.15) is 5.54 Å². The Labute approximate surface area is 365 Å². The summed E-state index contributed by atoms with van der Waals surface area (Å²) in [5.41, 5.74) is -0.689. The number of aromatic nitrogens is 2. The van der Waals surface area contributed by atoms with Gasteiger partial charge in [-0.1, -0.05) is 12.1 Å². The van der Waals surface area contributed by atoms with Crippen LogP contribution in [0.5, 0.6) is 0 Å². The molecule has 3 aliphatic heterocycles. The van der Waals surface area contributed by atoms with Crippen molar-refractivity contribution in [3.8, 4) is 6.07 Å². The minimum Gasteiger partial charge on any atom is -0.331 e. The molecule has 1 unspecified atom stereocenters. The number of anilines is 2. The van der Waals surface area contributed by atoms with E-state index in [9.17, 15) is 37.6 Å². The normalized spacial score (nSPS) is 25.1. The maximum Gasteiger partial charge on any atom is 0.417 e. The summed E-state index contributed by atoms with van der Waals surface area (Å²) in [5.74, 6) is -1.17. The maximum atomic E-state index is 13.8. The first-order valence-corrected chi connectivity index (χ1v) is 21.2. The second-order valence-electron chi connectivity index (χ2n) is 17.4. The Kier molecular flexibility index (Phi) is 13.5. The maximum absolute atomic E-state index is 13.8. The van der Waals surface area contributed by atoms with Gasteiger partial charge in [0, 0.05) is 50.1 Å². The first kappa shape index (κ1) is 45.9. The van der Waals surface area contributed by atoms with Crippen molar-refractivity contribution in [3.05, 3.63) is 53.2 Å². The Morgan fingerprint density at radius 2 is 1.74 bits per heavy atom. The van der Waals surface area contributed by atoms with Crippen LogP contribution in [-0.2, 0) is 32.4 Å². The van der Waals surface area contributed by atoms with Crippen LogP contribution in [0.2, 0.25) is 0 Å². The average molecular weight is 884 g/mol. The Hall–Kier alpha value is -4.63. The third-order valence-corrected chi connectivity index (χ3v) is 13.3. The van der Waals surface area contributed by atoms with Crippen LogP contribution in [0.1, 0.15) is 102 Å². The summed E-state index contributed by atoms with van der Waals surface area (Å²) >= 11 is 5.78. The first-order valence-electron chi connectivity index (χ1n) is 20.8. The van der Waals surface area contributed by atoms with Crippen LogP contribution in [-0.4, -0.2) is 103 Å². The zero-order chi connectivity index (χ0) is 43.3. The number of imide groups is 1. The van der Waals surface area contributed by atoms with Gasteiger partial charge in [0.25, 0.3) is 5.91 Å². The second-order valence-corrected chi connectivity index (χ2v) is 17.8. The first-order chi connectivity index (χ1) is 28.4. The summed E-state index contributed by atoms with van der Waals surface area (Å²) in [6.45, 7) is 10.7. The number of thiocarbonyl (C=S) groups is 1. The van der Waals surface area contributed by atoms with E-state index in [2.05, 4.69) is 39.4 Å². The number of nitrogens with one attached hydrogen (secondary N) is 2. The number of halogens is 4. The number of nitrogens with zero attached hydrogens (tertiary/aromatic N) is 7. The number of carbonyl (C=O) groups excluding carboxylic acids is 4. The molecule has 0 spiro atoms. The fourth-order valence-electron chi connectivity index (χ4n) is 9.94. The van der Waals surface area contributed by atoms with Gasteiger partial charge in [-0.2, -0.15) is 23.5 Å². The van der Waals surface area contributed by atoms with Gasteiger partial charge in [-0.05, 0) is 122 Å². The van der Waals surface area contributed by atoms with E-state index in [1.165, 1.54) is 11.0 Å². The molecule has 328 valence electrons. The monoisotopic (exact) mass is 883 g/mol. The number of carbonyl (C=O) groups is 4. The summed E-state index contributed by atoms with van der Waals surface area (Å²) in [6, 6.07) is 10.7. The molecule has 4 fully saturated rings. The minimum atomic E-state index is -4.75. The number of benzene rings is 2. The van der Waals surface area contributed by atoms with E-state index in [0.29, 0.717) is 23.7 Å². The average Bonchev–Trinajstić information content (AvgIpc) is 3.61. The fourth-order valence-corrected chi connectivity index (χ4v) is 10.5. The SMILES string of the molecule is C[C@@H]1CN(CCCC2CCC(N3C(=S)N(c4ccc(C#N)c(C(F)(F)F)c4)C(=O)C3(C)C)CC2)C[C@H](C)N1CC(=O)Nc1cccc2c(C3CCC(=O)NC3=O)nn(C)c12.Cl. The van der Waals surface area contributed by atoms with E-state index >= 15 is 0 Å². The van der Waals surface area contributed by atoms with Crippen molar-refractivity contribution in [1.29, 1.82) is 5.26 Å². The molecule has 1 saturated carbocycles. The van der Waals surface area contributed by atoms with Gasteiger partial charge in [0.05, 0.1) is 52.2 Å². The Morgan fingerprint density at radius 3 is 2.38 bits per heavy atom. The summed E-state index contributed by atoms with van der Waals surface area (Å²) < 4.78 is 43.0. The number of rotatable bonds is 10. The number of piperidine rings is 1. The number of fused-ring (bicyclic) bond motifs is 1. The number of hydrogen-bond acceptors (Lipinski definition) is 9. The molecule has 7 rings (SSSR count). The number of para-hydroxylation sites is 1. The number of hydrogen-bond donors (Lipinski definition) is 2. The van der Waals surface area contributed by atoms with Crippen molar-refractivity contribution in [3.63, 3.8) is 0 Å². The summed E-state index contributed by atoms with van der Waals surface area (Å²) in [7, 11) is 1.78. The number of alkyl halides is 3. The van der Waals surface area contributed by atoms with Crippen LogP contribution in [0, 0.1) is 17.2 Å². The molecule has 4 heterocycles. The number of piperazine rings is 1. The van der Waals surface area contributed by atoms with Crippen molar-refractivity contribution >= 4 is 75.6 Å². The van der Waals surface area contributed by atoms with Gasteiger partial charge in [-0.15, -0.1) is 12.4 Å². The van der Waals surface area contributed by atoms with Crippen LogP contribution in [0.3, 0.4) is 0 Å². The van der Waals surface area contributed by atoms with Crippen LogP contribution in [0.15, 0.2) is 36.4 Å². The molecular weight excluding hydrogens is 831 g/mol. The molecule has 2 N–H and O–H groups in total. The van der Waals surface area contributed by atoms with Gasteiger partial charge < -0.3 is 15.1 Å². The molecule has 4 aliphatic rings. The zero-order valence-electron chi connectivity index (χ0n) is 35.1. The van der Waals surface area contributed by atoms with Crippen LogP contribution in [0.25, 0.3) is 10.9 Å². The molecule has 4 amide bonds. The molecule has 18 heteroatoms. The van der Waals surface area contributed by atoms with E-state index in [1.54, 1.807) is 31.6 Å².